The van der Waals surface area contributed by atoms with Crippen molar-refractivity contribution in [2.45, 2.75) is 13.3 Å². The van der Waals surface area contributed by atoms with Crippen LogP contribution in [0.15, 0.2) is 6.07 Å². The molecule has 0 saturated carbocycles. The first-order valence-corrected chi connectivity index (χ1v) is 6.03. The quantitative estimate of drug-likeness (QED) is 0.449. The third-order valence-corrected chi connectivity index (χ3v) is 2.62. The van der Waals surface area contributed by atoms with Crippen LogP contribution in [0.3, 0.4) is 0 Å². The molecule has 106 valence electrons. The van der Waals surface area contributed by atoms with Gasteiger partial charge in [-0.3, -0.25) is 0 Å². The average Bonchev–Trinajstić information content (AvgIpc) is 2.25. The highest BCUT2D eigenvalue weighted by Crippen LogP contribution is 2.30. The number of ether oxygens (including phenoxy) is 3. The zero-order chi connectivity index (χ0) is 14.6. The molecular formula is C10H9F3INO4. The highest BCUT2D eigenvalue weighted by Gasteiger charge is 2.33. The van der Waals surface area contributed by atoms with Gasteiger partial charge in [0.05, 0.1) is 13.7 Å². The van der Waals surface area contributed by atoms with E-state index in [0.29, 0.717) is 0 Å². The number of nitrogens with zero attached hydrogens (tertiary/aromatic N) is 1. The van der Waals surface area contributed by atoms with E-state index in [9.17, 15) is 18.0 Å². The molecule has 0 aliphatic heterocycles. The van der Waals surface area contributed by atoms with Gasteiger partial charge in [-0.25, -0.2) is 9.78 Å². The standard InChI is InChI=1S/C10H9F3INO4/c1-3-18-9(16)7-5(17-2)4-6(15-8(7)14)19-10(11,12)13/h4H,3H2,1-2H3. The van der Waals surface area contributed by atoms with E-state index < -0.39 is 18.2 Å². The molecular weight excluding hydrogens is 382 g/mol. The lowest BCUT2D eigenvalue weighted by atomic mass is 10.2. The average molecular weight is 391 g/mol. The highest BCUT2D eigenvalue weighted by molar-refractivity contribution is 14.1. The third kappa shape index (κ3) is 4.40. The Morgan fingerprint density at radius 3 is 2.58 bits per heavy atom. The number of rotatable bonds is 4. The Balaban J connectivity index is 3.18. The summed E-state index contributed by atoms with van der Waals surface area (Å²) < 4.78 is 49.6. The molecule has 1 aromatic heterocycles. The first-order chi connectivity index (χ1) is 8.78. The van der Waals surface area contributed by atoms with Crippen LogP contribution in [0, 0.1) is 3.70 Å². The van der Waals surface area contributed by atoms with Gasteiger partial charge in [0.15, 0.2) is 0 Å². The summed E-state index contributed by atoms with van der Waals surface area (Å²) in [6.45, 7) is 1.73. The summed E-state index contributed by atoms with van der Waals surface area (Å²) in [5.41, 5.74) is -0.0422. The number of aromatic nitrogens is 1. The molecule has 0 saturated heterocycles. The smallest absolute Gasteiger partial charge is 0.496 e. The predicted molar refractivity (Wildman–Crippen MR) is 66.1 cm³/mol. The summed E-state index contributed by atoms with van der Waals surface area (Å²) in [6.07, 6.45) is -4.87. The molecule has 0 fully saturated rings. The number of halogens is 4. The molecule has 0 radical (unpaired) electrons. The van der Waals surface area contributed by atoms with Crippen molar-refractivity contribution >= 4 is 28.6 Å². The van der Waals surface area contributed by atoms with Crippen LogP contribution in [-0.4, -0.2) is 31.0 Å². The van der Waals surface area contributed by atoms with Crippen LogP contribution < -0.4 is 9.47 Å². The first-order valence-electron chi connectivity index (χ1n) is 4.96. The van der Waals surface area contributed by atoms with Gasteiger partial charge in [0.1, 0.15) is 15.0 Å². The molecule has 1 aromatic rings. The van der Waals surface area contributed by atoms with Crippen LogP contribution in [0.2, 0.25) is 0 Å². The van der Waals surface area contributed by atoms with E-state index in [4.69, 9.17) is 9.47 Å². The zero-order valence-corrected chi connectivity index (χ0v) is 12.0. The van der Waals surface area contributed by atoms with Gasteiger partial charge in [0.2, 0.25) is 5.88 Å². The van der Waals surface area contributed by atoms with E-state index in [1.54, 1.807) is 29.5 Å². The Bertz CT molecular complexity index is 479. The van der Waals surface area contributed by atoms with Crippen LogP contribution in [0.1, 0.15) is 17.3 Å². The van der Waals surface area contributed by atoms with Crippen molar-refractivity contribution in [3.63, 3.8) is 0 Å². The fourth-order valence-electron chi connectivity index (χ4n) is 1.19. The molecule has 0 aromatic carbocycles. The SMILES string of the molecule is CCOC(=O)c1c(OC)cc(OC(F)(F)F)nc1I. The number of hydrogen-bond acceptors (Lipinski definition) is 5. The van der Waals surface area contributed by atoms with Gasteiger partial charge < -0.3 is 14.2 Å². The lowest BCUT2D eigenvalue weighted by molar-refractivity contribution is -0.276. The number of carbonyl (C=O) groups is 1. The topological polar surface area (TPSA) is 57.7 Å². The normalized spacial score (nSPS) is 11.1. The number of methoxy groups -OCH3 is 1. The monoisotopic (exact) mass is 391 g/mol. The second-order valence-corrected chi connectivity index (χ2v) is 4.12. The Kier molecular flexibility index (Phi) is 5.20. The molecule has 5 nitrogen and oxygen atoms in total. The number of pyridine rings is 1. The lowest BCUT2D eigenvalue weighted by Crippen LogP contribution is -2.19. The maximum Gasteiger partial charge on any atom is 0.574 e. The van der Waals surface area contributed by atoms with Gasteiger partial charge in [-0.15, -0.1) is 13.2 Å². The van der Waals surface area contributed by atoms with Crippen molar-refractivity contribution in [3.05, 3.63) is 15.3 Å². The van der Waals surface area contributed by atoms with Crippen molar-refractivity contribution in [1.82, 2.24) is 4.98 Å². The zero-order valence-electron chi connectivity index (χ0n) is 9.88. The van der Waals surface area contributed by atoms with E-state index in [1.807, 2.05) is 0 Å². The summed E-state index contributed by atoms with van der Waals surface area (Å²) in [5, 5.41) is 0. The molecule has 0 spiro atoms. The molecule has 9 heteroatoms. The van der Waals surface area contributed by atoms with Crippen LogP contribution in [0.5, 0.6) is 11.6 Å². The second-order valence-electron chi connectivity index (χ2n) is 3.10. The molecule has 0 bridgehead atoms. The predicted octanol–water partition coefficient (Wildman–Crippen LogP) is 2.77. The summed E-state index contributed by atoms with van der Waals surface area (Å²) in [4.78, 5) is 15.2. The Morgan fingerprint density at radius 2 is 2.11 bits per heavy atom. The Morgan fingerprint density at radius 1 is 1.47 bits per heavy atom. The Hall–Kier alpha value is -1.26. The molecule has 0 unspecified atom stereocenters. The second kappa shape index (κ2) is 6.26. The van der Waals surface area contributed by atoms with Crippen LogP contribution in [0.4, 0.5) is 13.2 Å². The van der Waals surface area contributed by atoms with E-state index in [0.717, 1.165) is 6.07 Å². The molecule has 0 amide bonds. The van der Waals surface area contributed by atoms with Gasteiger partial charge in [0, 0.05) is 6.07 Å². The van der Waals surface area contributed by atoms with Crippen molar-refractivity contribution in [2.75, 3.05) is 13.7 Å². The molecule has 19 heavy (non-hydrogen) atoms. The fraction of sp³-hybridized carbons (Fsp3) is 0.400. The van der Waals surface area contributed by atoms with Gasteiger partial charge in [-0.05, 0) is 29.5 Å². The van der Waals surface area contributed by atoms with Crippen LogP contribution in [-0.2, 0) is 4.74 Å². The number of esters is 1. The number of hydrogen-bond donors (Lipinski definition) is 0. The van der Waals surface area contributed by atoms with Crippen molar-refractivity contribution < 1.29 is 32.2 Å². The number of carbonyl (C=O) groups excluding carboxylic acids is 1. The van der Waals surface area contributed by atoms with Crippen molar-refractivity contribution in [3.8, 4) is 11.6 Å². The summed E-state index contributed by atoms with van der Waals surface area (Å²) in [6, 6.07) is 0.877. The van der Waals surface area contributed by atoms with E-state index in [1.165, 1.54) is 7.11 Å². The van der Waals surface area contributed by atoms with Crippen LogP contribution >= 0.6 is 22.6 Å². The van der Waals surface area contributed by atoms with Gasteiger partial charge in [0.25, 0.3) is 0 Å². The lowest BCUT2D eigenvalue weighted by Gasteiger charge is -2.13. The largest absolute Gasteiger partial charge is 0.574 e. The molecule has 0 N–H and O–H groups in total. The van der Waals surface area contributed by atoms with E-state index in [2.05, 4.69) is 9.72 Å². The molecule has 1 heterocycles. The minimum absolute atomic E-state index is 0.00495. The van der Waals surface area contributed by atoms with Crippen LogP contribution in [0.25, 0.3) is 0 Å². The summed E-state index contributed by atoms with van der Waals surface area (Å²) in [5.74, 6) is -1.53. The number of alkyl halides is 3. The maximum absolute atomic E-state index is 12.1. The van der Waals surface area contributed by atoms with Crippen molar-refractivity contribution in [2.24, 2.45) is 0 Å². The molecule has 1 rings (SSSR count). The first kappa shape index (κ1) is 15.8. The highest BCUT2D eigenvalue weighted by atomic mass is 127. The van der Waals surface area contributed by atoms with Gasteiger partial charge >= 0.3 is 12.3 Å². The molecule has 0 aliphatic rings. The molecule has 0 atom stereocenters. The summed E-state index contributed by atoms with van der Waals surface area (Å²) in [7, 11) is 1.21. The third-order valence-electron chi connectivity index (χ3n) is 1.84. The summed E-state index contributed by atoms with van der Waals surface area (Å²) >= 11 is 1.60. The maximum atomic E-state index is 12.1. The van der Waals surface area contributed by atoms with Crippen molar-refractivity contribution in [1.29, 1.82) is 0 Å². The van der Waals surface area contributed by atoms with E-state index in [-0.39, 0.29) is 21.6 Å². The minimum Gasteiger partial charge on any atom is -0.496 e. The van der Waals surface area contributed by atoms with E-state index >= 15 is 0 Å². The fourth-order valence-corrected chi connectivity index (χ4v) is 1.91. The minimum atomic E-state index is -4.87. The Labute approximate surface area is 120 Å². The molecule has 0 aliphatic carbocycles. The van der Waals surface area contributed by atoms with Gasteiger partial charge in [-0.2, -0.15) is 0 Å². The van der Waals surface area contributed by atoms with Gasteiger partial charge in [-0.1, -0.05) is 0 Å².